The number of ether oxygens (including phenoxy) is 2. The molecule has 1 aliphatic rings. The topological polar surface area (TPSA) is 187 Å². The number of amides is 4. The number of hydrogen-bond donors (Lipinski definition) is 6. The highest BCUT2D eigenvalue weighted by Crippen LogP contribution is 2.26. The Morgan fingerprint density at radius 1 is 0.603 bits per heavy atom. The van der Waals surface area contributed by atoms with Crippen molar-refractivity contribution in [1.82, 2.24) is 20.9 Å². The molecular formula is C50H88N4O9. The van der Waals surface area contributed by atoms with Gasteiger partial charge in [-0.3, -0.25) is 14.4 Å². The Balaban J connectivity index is 1.92. The predicted molar refractivity (Wildman–Crippen MR) is 250 cm³/mol. The molecule has 1 aromatic carbocycles. The molecule has 0 saturated carbocycles. The molecule has 362 valence electrons. The number of carbonyl (C=O) groups excluding carboxylic acids is 4. The standard InChI is InChI=1S/C50H88N4O9/c1-3-5-7-9-11-13-15-17-18-19-20-22-24-26-31-35-45(58)54(36-32-27-25-23-21-16-14-12-10-8-6-4-2)49-46(48(60)47(59)42(39-55)63-49)53-44(57)38-51-43(56)37-52-50(61)62-40-41-33-29-28-30-34-41/h28-30,33-34,42,46-49,55,59-60H,3-27,31-32,35-40H2,1-2H3,(H,51,56)(H,52,61)(H,53,57)/t42-,46-,47-,48-,49-/m1/s1. The van der Waals surface area contributed by atoms with E-state index < -0.39 is 68.2 Å². The first-order valence-corrected chi connectivity index (χ1v) is 25.1. The van der Waals surface area contributed by atoms with Gasteiger partial charge in [-0.1, -0.05) is 205 Å². The van der Waals surface area contributed by atoms with E-state index in [4.69, 9.17) is 9.47 Å². The zero-order chi connectivity index (χ0) is 45.8. The molecule has 0 radical (unpaired) electrons. The fraction of sp³-hybridized carbons (Fsp3) is 0.800. The molecule has 2 rings (SSSR count). The van der Waals surface area contributed by atoms with Crippen molar-refractivity contribution in [3.8, 4) is 0 Å². The van der Waals surface area contributed by atoms with Crippen LogP contribution >= 0.6 is 0 Å². The van der Waals surface area contributed by atoms with E-state index in [1.165, 1.54) is 122 Å². The number of hydrogen-bond acceptors (Lipinski definition) is 9. The third-order valence-corrected chi connectivity index (χ3v) is 12.2. The summed E-state index contributed by atoms with van der Waals surface area (Å²) >= 11 is 0. The summed E-state index contributed by atoms with van der Waals surface area (Å²) in [5.74, 6) is -1.51. The fourth-order valence-electron chi connectivity index (χ4n) is 8.23. The van der Waals surface area contributed by atoms with E-state index >= 15 is 0 Å². The van der Waals surface area contributed by atoms with Crippen molar-refractivity contribution < 1.29 is 44.0 Å². The van der Waals surface area contributed by atoms with Gasteiger partial charge in [-0.25, -0.2) is 4.79 Å². The third kappa shape index (κ3) is 26.3. The average molecular weight is 889 g/mol. The molecule has 0 spiro atoms. The van der Waals surface area contributed by atoms with E-state index in [0.717, 1.165) is 44.1 Å². The van der Waals surface area contributed by atoms with Crippen LogP contribution in [0.3, 0.4) is 0 Å². The van der Waals surface area contributed by atoms with E-state index in [0.29, 0.717) is 19.4 Å². The van der Waals surface area contributed by atoms with Crippen LogP contribution in [0.15, 0.2) is 30.3 Å². The average Bonchev–Trinajstić information content (AvgIpc) is 3.29. The van der Waals surface area contributed by atoms with Crippen molar-refractivity contribution >= 4 is 23.8 Å². The second kappa shape index (κ2) is 37.0. The lowest BCUT2D eigenvalue weighted by Gasteiger charge is -2.47. The maximum Gasteiger partial charge on any atom is 0.407 e. The number of nitrogens with zero attached hydrogens (tertiary/aromatic N) is 1. The van der Waals surface area contributed by atoms with Crippen molar-refractivity contribution in [2.45, 2.75) is 231 Å². The molecule has 6 N–H and O–H groups in total. The van der Waals surface area contributed by atoms with Crippen molar-refractivity contribution in [2.24, 2.45) is 0 Å². The summed E-state index contributed by atoms with van der Waals surface area (Å²) in [6.07, 6.45) is 26.2. The van der Waals surface area contributed by atoms with Crippen LogP contribution in [0.25, 0.3) is 0 Å². The smallest absolute Gasteiger partial charge is 0.407 e. The van der Waals surface area contributed by atoms with E-state index in [2.05, 4.69) is 29.8 Å². The minimum atomic E-state index is -1.57. The largest absolute Gasteiger partial charge is 0.445 e. The second-order valence-electron chi connectivity index (χ2n) is 17.7. The third-order valence-electron chi connectivity index (χ3n) is 12.2. The van der Waals surface area contributed by atoms with Crippen molar-refractivity contribution in [3.05, 3.63) is 35.9 Å². The summed E-state index contributed by atoms with van der Waals surface area (Å²) in [5.41, 5.74) is 0.788. The maximum absolute atomic E-state index is 14.0. The summed E-state index contributed by atoms with van der Waals surface area (Å²) in [6, 6.07) is 7.85. The van der Waals surface area contributed by atoms with E-state index in [-0.39, 0.29) is 18.9 Å². The van der Waals surface area contributed by atoms with E-state index in [1.54, 1.807) is 17.0 Å². The molecule has 13 nitrogen and oxygen atoms in total. The molecule has 1 aliphatic heterocycles. The SMILES string of the molecule is CCCCCCCCCCCCCCCCCC(=O)N(CCCCCCCCCCCCCC)[C@@H]1O[C@H](CO)[C@@H](O)[C@H](O)[C@H]1NC(=O)CNC(=O)CNC(=O)OCc1ccccc1. The minimum Gasteiger partial charge on any atom is -0.445 e. The first-order chi connectivity index (χ1) is 30.7. The van der Waals surface area contributed by atoms with Gasteiger partial charge in [-0.15, -0.1) is 0 Å². The summed E-state index contributed by atoms with van der Waals surface area (Å²) in [7, 11) is 0. The van der Waals surface area contributed by atoms with Crippen LogP contribution in [-0.2, 0) is 30.5 Å². The highest BCUT2D eigenvalue weighted by molar-refractivity contribution is 5.87. The monoisotopic (exact) mass is 889 g/mol. The van der Waals surface area contributed by atoms with Gasteiger partial charge < -0.3 is 45.6 Å². The number of carbonyl (C=O) groups is 4. The van der Waals surface area contributed by atoms with E-state index in [1.807, 2.05) is 18.2 Å². The van der Waals surface area contributed by atoms with Crippen LogP contribution in [0.2, 0.25) is 0 Å². The normalized spacial score (nSPS) is 18.5. The van der Waals surface area contributed by atoms with Crippen LogP contribution in [0, 0.1) is 0 Å². The van der Waals surface area contributed by atoms with Gasteiger partial charge in [0, 0.05) is 13.0 Å². The molecule has 63 heavy (non-hydrogen) atoms. The lowest BCUT2D eigenvalue weighted by atomic mass is 9.94. The number of rotatable bonds is 38. The molecule has 1 aromatic rings. The van der Waals surface area contributed by atoms with Gasteiger partial charge in [0.1, 0.15) is 37.5 Å². The Bertz CT molecular complexity index is 1320. The highest BCUT2D eigenvalue weighted by atomic mass is 16.6. The van der Waals surface area contributed by atoms with E-state index in [9.17, 15) is 34.5 Å². The van der Waals surface area contributed by atoms with Crippen LogP contribution < -0.4 is 16.0 Å². The Labute approximate surface area is 380 Å². The number of benzene rings is 1. The Morgan fingerprint density at radius 3 is 1.56 bits per heavy atom. The van der Waals surface area contributed by atoms with Crippen LogP contribution in [0.1, 0.15) is 199 Å². The zero-order valence-electron chi connectivity index (χ0n) is 39.3. The Morgan fingerprint density at radius 2 is 1.06 bits per heavy atom. The van der Waals surface area contributed by atoms with Gasteiger partial charge in [-0.05, 0) is 18.4 Å². The second-order valence-corrected chi connectivity index (χ2v) is 17.7. The molecule has 0 aromatic heterocycles. The molecule has 4 amide bonds. The summed E-state index contributed by atoms with van der Waals surface area (Å²) in [4.78, 5) is 53.4. The number of alkyl carbamates (subject to hydrolysis) is 1. The van der Waals surface area contributed by atoms with Gasteiger partial charge in [0.25, 0.3) is 0 Å². The molecule has 0 bridgehead atoms. The first kappa shape index (κ1) is 55.9. The number of aliphatic hydroxyl groups excluding tert-OH is 3. The number of nitrogens with one attached hydrogen (secondary N) is 3. The Hall–Kier alpha value is -3.26. The number of unbranched alkanes of at least 4 members (excludes halogenated alkanes) is 25. The lowest BCUT2D eigenvalue weighted by Crippen LogP contribution is -2.69. The lowest BCUT2D eigenvalue weighted by molar-refractivity contribution is -0.231. The van der Waals surface area contributed by atoms with Gasteiger partial charge in [-0.2, -0.15) is 0 Å². The van der Waals surface area contributed by atoms with Crippen molar-refractivity contribution in [2.75, 3.05) is 26.2 Å². The maximum atomic E-state index is 14.0. The minimum absolute atomic E-state index is 0.0327. The van der Waals surface area contributed by atoms with Gasteiger partial charge in [0.2, 0.25) is 17.7 Å². The zero-order valence-corrected chi connectivity index (χ0v) is 39.3. The fourth-order valence-corrected chi connectivity index (χ4v) is 8.23. The van der Waals surface area contributed by atoms with Crippen LogP contribution in [0.4, 0.5) is 4.79 Å². The van der Waals surface area contributed by atoms with Crippen molar-refractivity contribution in [3.63, 3.8) is 0 Å². The van der Waals surface area contributed by atoms with Crippen LogP contribution in [-0.4, -0.2) is 101 Å². The Kier molecular flexibility index (Phi) is 32.8. The molecule has 1 saturated heterocycles. The predicted octanol–water partition coefficient (Wildman–Crippen LogP) is 8.74. The molecule has 5 atom stereocenters. The summed E-state index contributed by atoms with van der Waals surface area (Å²) in [6.45, 7) is 3.32. The molecule has 1 heterocycles. The summed E-state index contributed by atoms with van der Waals surface area (Å²) < 4.78 is 11.3. The van der Waals surface area contributed by atoms with Crippen LogP contribution in [0.5, 0.6) is 0 Å². The van der Waals surface area contributed by atoms with Crippen molar-refractivity contribution in [1.29, 1.82) is 0 Å². The molecule has 0 aliphatic carbocycles. The molecule has 1 fully saturated rings. The van der Waals surface area contributed by atoms with Gasteiger partial charge in [0.15, 0.2) is 6.23 Å². The quantitative estimate of drug-likeness (QED) is 0.0353. The highest BCUT2D eigenvalue weighted by Gasteiger charge is 2.48. The molecule has 13 heteroatoms. The van der Waals surface area contributed by atoms with Gasteiger partial charge >= 0.3 is 6.09 Å². The molecular weight excluding hydrogens is 801 g/mol. The van der Waals surface area contributed by atoms with Gasteiger partial charge in [0.05, 0.1) is 13.2 Å². The molecule has 0 unspecified atom stereocenters. The summed E-state index contributed by atoms with van der Waals surface area (Å²) in [5, 5.41) is 39.7. The number of aliphatic hydroxyl groups is 3. The first-order valence-electron chi connectivity index (χ1n) is 25.1.